The van der Waals surface area contributed by atoms with Crippen LogP contribution in [0.2, 0.25) is 15.1 Å². The van der Waals surface area contributed by atoms with Gasteiger partial charge in [0.25, 0.3) is 0 Å². The minimum Gasteiger partial charge on any atom is -0.468 e. The Morgan fingerprint density at radius 3 is 2.73 bits per heavy atom. The molecule has 2 aromatic carbocycles. The van der Waals surface area contributed by atoms with Crippen LogP contribution in [-0.2, 0) is 0 Å². The van der Waals surface area contributed by atoms with Gasteiger partial charge in [-0.1, -0.05) is 40.9 Å². The highest BCUT2D eigenvalue weighted by Crippen LogP contribution is 2.44. The number of hydrogen-bond acceptors (Lipinski definition) is 7. The molecule has 1 atom stereocenters. The van der Waals surface area contributed by atoms with Crippen molar-refractivity contribution in [3.05, 3.63) is 91.5 Å². The zero-order chi connectivity index (χ0) is 23.3. The molecule has 0 bridgehead atoms. The molecule has 6 nitrogen and oxygen atoms in total. The summed E-state index contributed by atoms with van der Waals surface area (Å²) >= 11 is 19.8. The molecule has 0 saturated carbocycles. The standard InChI is InChI=1S/C23H11Cl3N2O4S/c24-10-6-14(25)19-17(7-10)33-21(20(19)26)23(29)31-11-3-4-12-16(8-11)32-22(28)13(9-27)18(12)15-2-1-5-30-15/h1-8,18H,28H2. The van der Waals surface area contributed by atoms with Crippen molar-refractivity contribution in [1.29, 1.82) is 5.26 Å². The Kier molecular flexibility index (Phi) is 5.47. The third kappa shape index (κ3) is 3.71. The highest BCUT2D eigenvalue weighted by atomic mass is 35.5. The molecule has 1 aliphatic rings. The maximum atomic E-state index is 12.9. The van der Waals surface area contributed by atoms with Crippen LogP contribution in [-0.4, -0.2) is 5.97 Å². The number of ether oxygens (including phenoxy) is 2. The lowest BCUT2D eigenvalue weighted by Crippen LogP contribution is -2.21. The van der Waals surface area contributed by atoms with E-state index in [1.54, 1.807) is 36.4 Å². The third-order valence-electron chi connectivity index (χ3n) is 5.06. The number of carbonyl (C=O) groups excluding carboxylic acids is 1. The second-order valence-electron chi connectivity index (χ2n) is 7.04. The van der Waals surface area contributed by atoms with E-state index in [1.165, 1.54) is 12.3 Å². The van der Waals surface area contributed by atoms with E-state index in [9.17, 15) is 10.1 Å². The molecule has 1 aliphatic heterocycles. The van der Waals surface area contributed by atoms with Crippen molar-refractivity contribution in [1.82, 2.24) is 0 Å². The van der Waals surface area contributed by atoms with Gasteiger partial charge >= 0.3 is 5.97 Å². The molecule has 0 aliphatic carbocycles. The second-order valence-corrected chi connectivity index (χ2v) is 9.31. The van der Waals surface area contributed by atoms with Crippen LogP contribution in [0, 0.1) is 11.3 Å². The topological polar surface area (TPSA) is 98.5 Å². The van der Waals surface area contributed by atoms with Crippen LogP contribution in [0.5, 0.6) is 11.5 Å². The summed E-state index contributed by atoms with van der Waals surface area (Å²) in [6, 6.07) is 13.6. The number of esters is 1. The molecule has 164 valence electrons. The highest BCUT2D eigenvalue weighted by molar-refractivity contribution is 7.21. The lowest BCUT2D eigenvalue weighted by molar-refractivity contribution is 0.0740. The normalized spacial score (nSPS) is 15.2. The van der Waals surface area contributed by atoms with Gasteiger partial charge in [0.1, 0.15) is 33.8 Å². The molecule has 3 heterocycles. The number of nitrogens with zero attached hydrogens (tertiary/aromatic N) is 1. The predicted octanol–water partition coefficient (Wildman–Crippen LogP) is 6.89. The highest BCUT2D eigenvalue weighted by Gasteiger charge is 2.33. The Morgan fingerprint density at radius 1 is 1.18 bits per heavy atom. The summed E-state index contributed by atoms with van der Waals surface area (Å²) in [6.45, 7) is 0. The minimum absolute atomic E-state index is 0.0473. The summed E-state index contributed by atoms with van der Waals surface area (Å²) in [5.74, 6) is -0.154. The van der Waals surface area contributed by atoms with Crippen molar-refractivity contribution in [3.8, 4) is 17.6 Å². The van der Waals surface area contributed by atoms with Crippen molar-refractivity contribution < 1.29 is 18.7 Å². The first-order valence-electron chi connectivity index (χ1n) is 9.41. The number of furan rings is 1. The maximum Gasteiger partial charge on any atom is 0.355 e. The zero-order valence-corrected chi connectivity index (χ0v) is 19.5. The molecule has 4 aromatic rings. The Balaban J connectivity index is 1.49. The van der Waals surface area contributed by atoms with Gasteiger partial charge in [0.2, 0.25) is 5.88 Å². The number of carbonyl (C=O) groups is 1. The first-order chi connectivity index (χ1) is 15.9. The number of allylic oxidation sites excluding steroid dienone is 1. The lowest BCUT2D eigenvalue weighted by Gasteiger charge is -2.25. The molecule has 33 heavy (non-hydrogen) atoms. The summed E-state index contributed by atoms with van der Waals surface area (Å²) < 4.78 is 17.4. The molecule has 2 aromatic heterocycles. The van der Waals surface area contributed by atoms with Gasteiger partial charge in [-0.2, -0.15) is 5.26 Å². The summed E-state index contributed by atoms with van der Waals surface area (Å²) in [6.07, 6.45) is 1.51. The van der Waals surface area contributed by atoms with Gasteiger partial charge in [-0.25, -0.2) is 4.79 Å². The van der Waals surface area contributed by atoms with Crippen LogP contribution in [0.4, 0.5) is 0 Å². The van der Waals surface area contributed by atoms with E-state index in [1.807, 2.05) is 0 Å². The predicted molar refractivity (Wildman–Crippen MR) is 126 cm³/mol. The molecule has 0 radical (unpaired) electrons. The van der Waals surface area contributed by atoms with Crippen molar-refractivity contribution in [3.63, 3.8) is 0 Å². The number of fused-ring (bicyclic) bond motifs is 2. The first kappa shape index (κ1) is 21.7. The van der Waals surface area contributed by atoms with Crippen LogP contribution in [0.1, 0.15) is 26.9 Å². The maximum absolute atomic E-state index is 12.9. The number of hydrogen-bond donors (Lipinski definition) is 1. The van der Waals surface area contributed by atoms with Gasteiger partial charge in [-0.05, 0) is 30.3 Å². The van der Waals surface area contributed by atoms with Gasteiger partial charge in [-0.15, -0.1) is 11.3 Å². The number of rotatable bonds is 3. The van der Waals surface area contributed by atoms with Crippen LogP contribution in [0.15, 0.2) is 64.6 Å². The Morgan fingerprint density at radius 2 is 2.00 bits per heavy atom. The smallest absolute Gasteiger partial charge is 0.355 e. The quantitative estimate of drug-likeness (QED) is 0.235. The van der Waals surface area contributed by atoms with Gasteiger partial charge < -0.3 is 19.6 Å². The van der Waals surface area contributed by atoms with Crippen LogP contribution in [0.3, 0.4) is 0 Å². The first-order valence-corrected chi connectivity index (χ1v) is 11.4. The van der Waals surface area contributed by atoms with Crippen molar-refractivity contribution in [2.45, 2.75) is 5.92 Å². The minimum atomic E-state index is -0.659. The zero-order valence-electron chi connectivity index (χ0n) is 16.4. The molecular weight excluding hydrogens is 507 g/mol. The molecular formula is C23H11Cl3N2O4S. The van der Waals surface area contributed by atoms with Crippen LogP contribution < -0.4 is 15.2 Å². The molecule has 1 unspecified atom stereocenters. The fraction of sp³-hybridized carbons (Fsp3) is 0.0435. The van der Waals surface area contributed by atoms with Crippen molar-refractivity contribution >= 4 is 62.2 Å². The average molecular weight is 518 g/mol. The van der Waals surface area contributed by atoms with E-state index in [0.29, 0.717) is 37.2 Å². The lowest BCUT2D eigenvalue weighted by atomic mass is 9.87. The van der Waals surface area contributed by atoms with Crippen LogP contribution >= 0.6 is 46.1 Å². The number of halogens is 3. The van der Waals surface area contributed by atoms with Crippen molar-refractivity contribution in [2.24, 2.45) is 5.73 Å². The SMILES string of the molecule is N#CC1=C(N)Oc2cc(OC(=O)c3sc4cc(Cl)cc(Cl)c4c3Cl)ccc2C1c1ccco1. The summed E-state index contributed by atoms with van der Waals surface area (Å²) in [4.78, 5) is 13.1. The molecule has 2 N–H and O–H groups in total. The largest absolute Gasteiger partial charge is 0.468 e. The fourth-order valence-corrected chi connectivity index (χ4v) is 5.89. The van der Waals surface area contributed by atoms with Gasteiger partial charge in [0.15, 0.2) is 0 Å². The van der Waals surface area contributed by atoms with E-state index < -0.39 is 11.9 Å². The average Bonchev–Trinajstić information content (AvgIpc) is 3.40. The van der Waals surface area contributed by atoms with E-state index in [2.05, 4.69) is 6.07 Å². The second kappa shape index (κ2) is 8.32. The Labute approximate surface area is 206 Å². The molecule has 10 heteroatoms. The van der Waals surface area contributed by atoms with E-state index in [0.717, 1.165) is 11.3 Å². The summed E-state index contributed by atoms with van der Waals surface area (Å²) in [5, 5.41) is 11.1. The Hall–Kier alpha value is -3.15. The van der Waals surface area contributed by atoms with Gasteiger partial charge in [0, 0.05) is 26.7 Å². The van der Waals surface area contributed by atoms with Crippen LogP contribution in [0.25, 0.3) is 10.1 Å². The molecule has 0 amide bonds. The molecule has 0 saturated heterocycles. The van der Waals surface area contributed by atoms with E-state index in [4.69, 9.17) is 54.4 Å². The van der Waals surface area contributed by atoms with E-state index in [-0.39, 0.29) is 27.1 Å². The number of nitriles is 1. The van der Waals surface area contributed by atoms with Gasteiger partial charge in [-0.3, -0.25) is 0 Å². The number of benzene rings is 2. The Bertz CT molecular complexity index is 1500. The van der Waals surface area contributed by atoms with E-state index >= 15 is 0 Å². The van der Waals surface area contributed by atoms with Crippen molar-refractivity contribution in [2.75, 3.05) is 0 Å². The van der Waals surface area contributed by atoms with Gasteiger partial charge in [0.05, 0.1) is 22.2 Å². The molecule has 0 fully saturated rings. The summed E-state index contributed by atoms with van der Waals surface area (Å²) in [7, 11) is 0. The number of thiophene rings is 1. The number of nitrogens with two attached hydrogens (primary N) is 1. The fourth-order valence-electron chi connectivity index (χ4n) is 3.64. The monoisotopic (exact) mass is 516 g/mol. The third-order valence-corrected chi connectivity index (χ3v) is 7.19. The molecule has 0 spiro atoms. The molecule has 5 rings (SSSR count). The summed E-state index contributed by atoms with van der Waals surface area (Å²) in [5.41, 5.74) is 6.86.